The van der Waals surface area contributed by atoms with Crippen molar-refractivity contribution in [1.29, 1.82) is 0 Å². The fourth-order valence-electron chi connectivity index (χ4n) is 3.71. The lowest BCUT2D eigenvalue weighted by molar-refractivity contribution is -0.134. The maximum Gasteiger partial charge on any atom is 0.226 e. The van der Waals surface area contributed by atoms with Crippen molar-refractivity contribution in [2.75, 3.05) is 13.1 Å². The summed E-state index contributed by atoms with van der Waals surface area (Å²) in [6.45, 7) is 3.72. The average molecular weight is 313 g/mol. The largest absolute Gasteiger partial charge is 0.340 e. The number of rotatable bonds is 3. The van der Waals surface area contributed by atoms with E-state index in [0.717, 1.165) is 32.4 Å². The standard InChI is InChI=1S/C17H23N5O/c1-12-7-19-22(9-12)14-4-3-5-21(11-14)17(23)16-6-15(16)13-8-18-20(2)10-13/h7-10,14-16H,3-6,11H2,1-2H3/t14-,15-,16-/m1/s1. The minimum Gasteiger partial charge on any atom is -0.340 e. The molecule has 1 aliphatic heterocycles. The number of hydrogen-bond donors (Lipinski definition) is 0. The molecule has 2 aromatic heterocycles. The lowest BCUT2D eigenvalue weighted by Gasteiger charge is -2.33. The van der Waals surface area contributed by atoms with E-state index in [1.165, 1.54) is 11.1 Å². The highest BCUT2D eigenvalue weighted by atomic mass is 16.2. The normalized spacial score (nSPS) is 27.2. The molecule has 1 saturated heterocycles. The van der Waals surface area contributed by atoms with Gasteiger partial charge in [0.15, 0.2) is 0 Å². The number of aromatic nitrogens is 4. The van der Waals surface area contributed by atoms with Gasteiger partial charge >= 0.3 is 0 Å². The van der Waals surface area contributed by atoms with Crippen molar-refractivity contribution in [3.8, 4) is 0 Å². The second kappa shape index (κ2) is 5.51. The third kappa shape index (κ3) is 2.78. The Labute approximate surface area is 136 Å². The predicted molar refractivity (Wildman–Crippen MR) is 85.9 cm³/mol. The van der Waals surface area contributed by atoms with Crippen LogP contribution < -0.4 is 0 Å². The second-order valence-electron chi connectivity index (χ2n) is 6.97. The lowest BCUT2D eigenvalue weighted by atomic mass is 10.0. The summed E-state index contributed by atoms with van der Waals surface area (Å²) in [7, 11) is 1.92. The summed E-state index contributed by atoms with van der Waals surface area (Å²) in [5.74, 6) is 0.827. The number of piperidine rings is 1. The molecule has 2 fully saturated rings. The highest BCUT2D eigenvalue weighted by Crippen LogP contribution is 2.48. The molecular weight excluding hydrogens is 290 g/mol. The van der Waals surface area contributed by atoms with Gasteiger partial charge in [-0.15, -0.1) is 0 Å². The monoisotopic (exact) mass is 313 g/mol. The van der Waals surface area contributed by atoms with Crippen molar-refractivity contribution in [2.45, 2.75) is 38.1 Å². The topological polar surface area (TPSA) is 56.0 Å². The molecule has 2 aromatic rings. The van der Waals surface area contributed by atoms with Crippen LogP contribution in [0.3, 0.4) is 0 Å². The molecule has 0 bridgehead atoms. The summed E-state index contributed by atoms with van der Waals surface area (Å²) in [5, 5.41) is 8.65. The van der Waals surface area contributed by atoms with Gasteiger partial charge in [0, 0.05) is 38.4 Å². The molecule has 23 heavy (non-hydrogen) atoms. The smallest absolute Gasteiger partial charge is 0.226 e. The van der Waals surface area contributed by atoms with Crippen LogP contribution in [-0.4, -0.2) is 43.5 Å². The van der Waals surface area contributed by atoms with Gasteiger partial charge in [0.1, 0.15) is 0 Å². The number of carbonyl (C=O) groups excluding carboxylic acids is 1. The number of aryl methyl sites for hydroxylation is 2. The first-order chi connectivity index (χ1) is 11.1. The van der Waals surface area contributed by atoms with E-state index in [9.17, 15) is 4.79 Å². The molecular formula is C17H23N5O. The number of carbonyl (C=O) groups is 1. The van der Waals surface area contributed by atoms with Crippen LogP contribution in [0, 0.1) is 12.8 Å². The van der Waals surface area contributed by atoms with E-state index < -0.39 is 0 Å². The zero-order chi connectivity index (χ0) is 16.0. The molecule has 122 valence electrons. The Morgan fingerprint density at radius 1 is 1.26 bits per heavy atom. The molecule has 0 unspecified atom stereocenters. The zero-order valence-electron chi connectivity index (χ0n) is 13.7. The molecule has 3 atom stereocenters. The first-order valence-electron chi connectivity index (χ1n) is 8.40. The van der Waals surface area contributed by atoms with Crippen LogP contribution in [-0.2, 0) is 11.8 Å². The quantitative estimate of drug-likeness (QED) is 0.869. The van der Waals surface area contributed by atoms with Crippen molar-refractivity contribution in [3.05, 3.63) is 35.9 Å². The van der Waals surface area contributed by atoms with Gasteiger partial charge in [-0.3, -0.25) is 14.2 Å². The molecule has 4 rings (SSSR count). The minimum atomic E-state index is 0.150. The molecule has 0 N–H and O–H groups in total. The Morgan fingerprint density at radius 3 is 2.83 bits per heavy atom. The van der Waals surface area contributed by atoms with Crippen molar-refractivity contribution < 1.29 is 4.79 Å². The van der Waals surface area contributed by atoms with Gasteiger partial charge in [-0.2, -0.15) is 10.2 Å². The van der Waals surface area contributed by atoms with Gasteiger partial charge < -0.3 is 4.90 Å². The molecule has 0 spiro atoms. The van der Waals surface area contributed by atoms with Crippen LogP contribution in [0.15, 0.2) is 24.8 Å². The Bertz CT molecular complexity index is 718. The summed E-state index contributed by atoms with van der Waals surface area (Å²) in [6, 6.07) is 0.317. The van der Waals surface area contributed by atoms with Crippen molar-refractivity contribution in [1.82, 2.24) is 24.5 Å². The second-order valence-corrected chi connectivity index (χ2v) is 6.97. The molecule has 1 saturated carbocycles. The van der Waals surface area contributed by atoms with Gasteiger partial charge in [0.05, 0.1) is 18.4 Å². The Hall–Kier alpha value is -2.11. The van der Waals surface area contributed by atoms with Crippen LogP contribution >= 0.6 is 0 Å². The average Bonchev–Trinajstić information content (AvgIpc) is 3.04. The highest BCUT2D eigenvalue weighted by Gasteiger charge is 2.47. The van der Waals surface area contributed by atoms with Crippen molar-refractivity contribution >= 4 is 5.91 Å². The van der Waals surface area contributed by atoms with Gasteiger partial charge in [0.25, 0.3) is 0 Å². The number of amides is 1. The third-order valence-electron chi connectivity index (χ3n) is 5.07. The lowest BCUT2D eigenvalue weighted by Crippen LogP contribution is -2.41. The van der Waals surface area contributed by atoms with E-state index in [1.807, 2.05) is 39.9 Å². The first kappa shape index (κ1) is 14.5. The van der Waals surface area contributed by atoms with Gasteiger partial charge in [-0.25, -0.2) is 0 Å². The van der Waals surface area contributed by atoms with Crippen LogP contribution in [0.2, 0.25) is 0 Å². The SMILES string of the molecule is Cc1cnn([C@@H]2CCCN(C(=O)[C@@H]3C[C@@H]3c3cnn(C)c3)C2)c1. The Morgan fingerprint density at radius 2 is 2.13 bits per heavy atom. The number of hydrogen-bond acceptors (Lipinski definition) is 3. The predicted octanol–water partition coefficient (Wildman–Crippen LogP) is 1.89. The Kier molecular flexibility index (Phi) is 3.47. The van der Waals surface area contributed by atoms with Crippen LogP contribution in [0.25, 0.3) is 0 Å². The number of nitrogens with zero attached hydrogens (tertiary/aromatic N) is 5. The van der Waals surface area contributed by atoms with Gasteiger partial charge in [-0.1, -0.05) is 0 Å². The minimum absolute atomic E-state index is 0.150. The van der Waals surface area contributed by atoms with Crippen LogP contribution in [0.5, 0.6) is 0 Å². The molecule has 0 radical (unpaired) electrons. The molecule has 3 heterocycles. The highest BCUT2D eigenvalue weighted by molar-refractivity contribution is 5.83. The molecule has 1 aliphatic carbocycles. The van der Waals surface area contributed by atoms with E-state index in [1.54, 1.807) is 0 Å². The van der Waals surface area contributed by atoms with E-state index in [4.69, 9.17) is 0 Å². The summed E-state index contributed by atoms with van der Waals surface area (Å²) in [6.07, 6.45) is 11.0. The van der Waals surface area contributed by atoms with E-state index in [-0.39, 0.29) is 5.92 Å². The molecule has 2 aliphatic rings. The Balaban J connectivity index is 1.41. The molecule has 0 aromatic carbocycles. The summed E-state index contributed by atoms with van der Waals surface area (Å²) in [4.78, 5) is 14.8. The van der Waals surface area contributed by atoms with Crippen molar-refractivity contribution in [2.24, 2.45) is 13.0 Å². The summed E-state index contributed by atoms with van der Waals surface area (Å²) >= 11 is 0. The van der Waals surface area contributed by atoms with Gasteiger partial charge in [0.2, 0.25) is 5.91 Å². The third-order valence-corrected chi connectivity index (χ3v) is 5.07. The van der Waals surface area contributed by atoms with E-state index in [2.05, 4.69) is 23.3 Å². The fraction of sp³-hybridized carbons (Fsp3) is 0.588. The first-order valence-corrected chi connectivity index (χ1v) is 8.40. The van der Waals surface area contributed by atoms with Gasteiger partial charge in [-0.05, 0) is 43.2 Å². The van der Waals surface area contributed by atoms with E-state index >= 15 is 0 Å². The number of likely N-dealkylation sites (tertiary alicyclic amines) is 1. The molecule has 6 heteroatoms. The summed E-state index contributed by atoms with van der Waals surface area (Å²) < 4.78 is 3.84. The maximum absolute atomic E-state index is 12.8. The fourth-order valence-corrected chi connectivity index (χ4v) is 3.71. The molecule has 1 amide bonds. The summed E-state index contributed by atoms with van der Waals surface area (Å²) in [5.41, 5.74) is 2.37. The van der Waals surface area contributed by atoms with Crippen LogP contribution in [0.4, 0.5) is 0 Å². The van der Waals surface area contributed by atoms with Crippen LogP contribution in [0.1, 0.15) is 42.3 Å². The maximum atomic E-state index is 12.8. The van der Waals surface area contributed by atoms with E-state index in [0.29, 0.717) is 17.9 Å². The van der Waals surface area contributed by atoms with Crippen molar-refractivity contribution in [3.63, 3.8) is 0 Å². The zero-order valence-corrected chi connectivity index (χ0v) is 13.7. The molecule has 6 nitrogen and oxygen atoms in total.